The third-order valence-corrected chi connectivity index (χ3v) is 2.92. The maximum atomic E-state index is 11.0. The average Bonchev–Trinajstić information content (AvgIpc) is 2.16. The topological polar surface area (TPSA) is 72.5 Å². The molecule has 0 bridgehead atoms. The number of nitrogens with two attached hydrogens (primary N) is 1. The molecule has 0 fully saturated rings. The number of rotatable bonds is 1. The van der Waals surface area contributed by atoms with E-state index in [4.69, 9.17) is 10.5 Å². The van der Waals surface area contributed by atoms with Crippen LogP contribution in [-0.4, -0.2) is 11.2 Å². The van der Waals surface area contributed by atoms with Crippen LogP contribution in [0, 0.1) is 0 Å². The van der Waals surface area contributed by atoms with Crippen molar-refractivity contribution in [1.82, 2.24) is 0 Å². The van der Waals surface area contributed by atoms with E-state index in [1.54, 1.807) is 12.1 Å². The predicted molar refractivity (Wildman–Crippen MR) is 75.7 cm³/mol. The van der Waals surface area contributed by atoms with Gasteiger partial charge in [-0.1, -0.05) is 41.5 Å². The van der Waals surface area contributed by atoms with Gasteiger partial charge in [0.25, 0.3) is 0 Å². The molecular weight excluding hydrogens is 242 g/mol. The first-order valence-corrected chi connectivity index (χ1v) is 6.28. The van der Waals surface area contributed by atoms with Gasteiger partial charge in [0.2, 0.25) is 0 Å². The molecule has 0 aliphatic carbocycles. The number of phenols is 1. The van der Waals surface area contributed by atoms with Gasteiger partial charge in [-0.25, -0.2) is 4.79 Å². The smallest absolute Gasteiger partial charge is 0.409 e. The first-order chi connectivity index (χ1) is 8.43. The number of primary amides is 1. The molecule has 0 saturated carbocycles. The maximum absolute atomic E-state index is 11.0. The number of hydrogen-bond acceptors (Lipinski definition) is 3. The van der Waals surface area contributed by atoms with Crippen molar-refractivity contribution in [2.45, 2.75) is 52.4 Å². The predicted octanol–water partition coefficient (Wildman–Crippen LogP) is 3.44. The highest BCUT2D eigenvalue weighted by atomic mass is 16.5. The first kappa shape index (κ1) is 15.3. The highest BCUT2D eigenvalue weighted by molar-refractivity contribution is 5.69. The lowest BCUT2D eigenvalue weighted by molar-refractivity contribution is 0.209. The summed E-state index contributed by atoms with van der Waals surface area (Å²) in [7, 11) is 0. The van der Waals surface area contributed by atoms with Gasteiger partial charge in [-0.2, -0.15) is 0 Å². The largest absolute Gasteiger partial charge is 0.508 e. The standard InChI is InChI=1S/C15H23NO3/c1-14(2,3)9-8-12(19-13(16)18)10(7-11(9)17)15(4,5)6/h7-8,17H,1-6H3,(H2,16,18). The number of carbonyl (C=O) groups is 1. The molecule has 0 aliphatic rings. The Kier molecular flexibility index (Phi) is 3.84. The van der Waals surface area contributed by atoms with Crippen molar-refractivity contribution in [2.75, 3.05) is 0 Å². The van der Waals surface area contributed by atoms with Crippen molar-refractivity contribution in [1.29, 1.82) is 0 Å². The zero-order valence-electron chi connectivity index (χ0n) is 12.5. The highest BCUT2D eigenvalue weighted by Crippen LogP contribution is 2.40. The fraction of sp³-hybridized carbons (Fsp3) is 0.533. The van der Waals surface area contributed by atoms with Crippen LogP contribution >= 0.6 is 0 Å². The zero-order valence-corrected chi connectivity index (χ0v) is 12.5. The van der Waals surface area contributed by atoms with E-state index in [0.717, 1.165) is 11.1 Å². The normalized spacial score (nSPS) is 12.3. The number of hydrogen-bond donors (Lipinski definition) is 2. The molecule has 19 heavy (non-hydrogen) atoms. The van der Waals surface area contributed by atoms with E-state index in [9.17, 15) is 9.90 Å². The summed E-state index contributed by atoms with van der Waals surface area (Å²) in [6, 6.07) is 3.35. The number of phenolic OH excluding ortho intramolecular Hbond substituents is 1. The fourth-order valence-electron chi connectivity index (χ4n) is 1.95. The molecule has 4 nitrogen and oxygen atoms in total. The fourth-order valence-corrected chi connectivity index (χ4v) is 1.95. The Bertz CT molecular complexity index is 493. The van der Waals surface area contributed by atoms with Crippen molar-refractivity contribution in [3.8, 4) is 11.5 Å². The summed E-state index contributed by atoms with van der Waals surface area (Å²) in [5, 5.41) is 10.2. The number of aromatic hydroxyl groups is 1. The lowest BCUT2D eigenvalue weighted by atomic mass is 9.81. The summed E-state index contributed by atoms with van der Waals surface area (Å²) in [6.07, 6.45) is -0.851. The first-order valence-electron chi connectivity index (χ1n) is 6.28. The molecule has 106 valence electrons. The second kappa shape index (κ2) is 4.76. The summed E-state index contributed by atoms with van der Waals surface area (Å²) < 4.78 is 5.09. The zero-order chi connectivity index (χ0) is 15.0. The summed E-state index contributed by atoms with van der Waals surface area (Å²) in [6.45, 7) is 11.9. The Hall–Kier alpha value is -1.71. The molecule has 1 aromatic rings. The number of ether oxygens (including phenoxy) is 1. The Balaban J connectivity index is 3.50. The van der Waals surface area contributed by atoms with E-state index in [-0.39, 0.29) is 16.6 Å². The van der Waals surface area contributed by atoms with Gasteiger partial charge < -0.3 is 15.6 Å². The lowest BCUT2D eigenvalue weighted by Crippen LogP contribution is -2.22. The van der Waals surface area contributed by atoms with Gasteiger partial charge in [-0.05, 0) is 23.0 Å². The Morgan fingerprint density at radius 2 is 1.53 bits per heavy atom. The quantitative estimate of drug-likeness (QED) is 0.817. The summed E-state index contributed by atoms with van der Waals surface area (Å²) in [4.78, 5) is 11.0. The van der Waals surface area contributed by atoms with Crippen LogP contribution in [0.15, 0.2) is 12.1 Å². The molecule has 0 atom stereocenters. The Labute approximate surface area is 114 Å². The van der Waals surface area contributed by atoms with Crippen molar-refractivity contribution in [2.24, 2.45) is 5.73 Å². The van der Waals surface area contributed by atoms with Gasteiger partial charge >= 0.3 is 6.09 Å². The second-order valence-corrected chi connectivity index (χ2v) is 6.79. The maximum Gasteiger partial charge on any atom is 0.409 e. The van der Waals surface area contributed by atoms with Gasteiger partial charge in [0.15, 0.2) is 0 Å². The van der Waals surface area contributed by atoms with Crippen LogP contribution in [0.4, 0.5) is 4.79 Å². The third-order valence-electron chi connectivity index (χ3n) is 2.92. The van der Waals surface area contributed by atoms with E-state index in [0.29, 0.717) is 5.75 Å². The number of carbonyl (C=O) groups excluding carboxylic acids is 1. The van der Waals surface area contributed by atoms with E-state index >= 15 is 0 Å². The third kappa shape index (κ3) is 3.63. The van der Waals surface area contributed by atoms with E-state index in [2.05, 4.69) is 0 Å². The highest BCUT2D eigenvalue weighted by Gasteiger charge is 2.26. The Morgan fingerprint density at radius 1 is 1.05 bits per heavy atom. The molecule has 0 heterocycles. The molecule has 3 N–H and O–H groups in total. The SMILES string of the molecule is CC(C)(C)c1cc(OC(N)=O)c(C(C)(C)C)cc1O. The van der Waals surface area contributed by atoms with Crippen molar-refractivity contribution < 1.29 is 14.6 Å². The van der Waals surface area contributed by atoms with Gasteiger partial charge in [-0.3, -0.25) is 0 Å². The van der Waals surface area contributed by atoms with Crippen LogP contribution in [0.2, 0.25) is 0 Å². The minimum atomic E-state index is -0.851. The van der Waals surface area contributed by atoms with Crippen LogP contribution in [-0.2, 0) is 10.8 Å². The minimum absolute atomic E-state index is 0.203. The second-order valence-electron chi connectivity index (χ2n) is 6.79. The minimum Gasteiger partial charge on any atom is -0.508 e. The molecule has 0 saturated heterocycles. The molecule has 1 amide bonds. The molecule has 0 unspecified atom stereocenters. The van der Waals surface area contributed by atoms with Crippen LogP contribution in [0.1, 0.15) is 52.7 Å². The molecule has 0 aliphatic heterocycles. The Morgan fingerprint density at radius 3 is 1.89 bits per heavy atom. The van der Waals surface area contributed by atoms with E-state index in [1.807, 2.05) is 41.5 Å². The molecule has 1 aromatic carbocycles. The number of benzene rings is 1. The summed E-state index contributed by atoms with van der Waals surface area (Å²) in [5.74, 6) is 0.608. The molecule has 0 aromatic heterocycles. The van der Waals surface area contributed by atoms with Crippen LogP contribution in [0.25, 0.3) is 0 Å². The van der Waals surface area contributed by atoms with Crippen molar-refractivity contribution in [3.05, 3.63) is 23.3 Å². The van der Waals surface area contributed by atoms with E-state index < -0.39 is 6.09 Å². The molecular formula is C15H23NO3. The summed E-state index contributed by atoms with van der Waals surface area (Å²) in [5.41, 5.74) is 6.06. The molecule has 4 heteroatoms. The van der Waals surface area contributed by atoms with Crippen LogP contribution < -0.4 is 10.5 Å². The molecule has 0 spiro atoms. The molecule has 1 rings (SSSR count). The lowest BCUT2D eigenvalue weighted by Gasteiger charge is -2.26. The van der Waals surface area contributed by atoms with Crippen LogP contribution in [0.5, 0.6) is 11.5 Å². The van der Waals surface area contributed by atoms with Gasteiger partial charge in [0, 0.05) is 11.1 Å². The van der Waals surface area contributed by atoms with Gasteiger partial charge in [0.05, 0.1) is 0 Å². The average molecular weight is 265 g/mol. The monoisotopic (exact) mass is 265 g/mol. The van der Waals surface area contributed by atoms with E-state index in [1.165, 1.54) is 0 Å². The van der Waals surface area contributed by atoms with Crippen molar-refractivity contribution in [3.63, 3.8) is 0 Å². The van der Waals surface area contributed by atoms with Gasteiger partial charge in [-0.15, -0.1) is 0 Å². The van der Waals surface area contributed by atoms with Crippen molar-refractivity contribution >= 4 is 6.09 Å². The van der Waals surface area contributed by atoms with Crippen LogP contribution in [0.3, 0.4) is 0 Å². The molecule has 0 radical (unpaired) electrons. The number of amides is 1. The van der Waals surface area contributed by atoms with Gasteiger partial charge in [0.1, 0.15) is 11.5 Å². The summed E-state index contributed by atoms with van der Waals surface area (Å²) >= 11 is 0.